The van der Waals surface area contributed by atoms with Crippen LogP contribution < -0.4 is 5.32 Å². The Morgan fingerprint density at radius 1 is 1.35 bits per heavy atom. The highest BCUT2D eigenvalue weighted by molar-refractivity contribution is 7.99. The van der Waals surface area contributed by atoms with Crippen molar-refractivity contribution in [1.29, 1.82) is 0 Å². The Morgan fingerprint density at radius 2 is 2.19 bits per heavy atom. The van der Waals surface area contributed by atoms with Gasteiger partial charge >= 0.3 is 0 Å². The van der Waals surface area contributed by atoms with Crippen molar-refractivity contribution < 1.29 is 4.79 Å². The second-order valence-corrected chi connectivity index (χ2v) is 8.92. The maximum atomic E-state index is 12.4. The van der Waals surface area contributed by atoms with Gasteiger partial charge in [-0.3, -0.25) is 4.79 Å². The van der Waals surface area contributed by atoms with Crippen molar-refractivity contribution in [3.8, 4) is 0 Å². The van der Waals surface area contributed by atoms with E-state index in [0.717, 1.165) is 45.5 Å². The predicted octanol–water partition coefficient (Wildman–Crippen LogP) is 4.17. The number of H-pyrrole nitrogens is 1. The Kier molecular flexibility index (Phi) is 6.99. The zero-order valence-corrected chi connectivity index (χ0v) is 17.3. The van der Waals surface area contributed by atoms with E-state index in [0.29, 0.717) is 5.75 Å². The topological polar surface area (TPSA) is 70.7 Å². The van der Waals surface area contributed by atoms with Gasteiger partial charge in [-0.15, -0.1) is 23.1 Å². The molecule has 1 unspecified atom stereocenters. The Balaban J connectivity index is 1.59. The van der Waals surface area contributed by atoms with Gasteiger partial charge in [0.2, 0.25) is 5.91 Å². The number of nitrogens with zero attached hydrogens (tertiary/aromatic N) is 2. The molecule has 2 N–H and O–H groups in total. The van der Waals surface area contributed by atoms with Gasteiger partial charge < -0.3 is 10.3 Å². The molecule has 0 saturated carbocycles. The molecular weight excluding hydrogens is 384 g/mol. The summed E-state index contributed by atoms with van der Waals surface area (Å²) in [6.07, 6.45) is 2.92. The molecule has 3 aromatic rings. The molecule has 26 heavy (non-hydrogen) atoms. The van der Waals surface area contributed by atoms with Crippen LogP contribution in [-0.2, 0) is 10.5 Å². The third-order valence-electron chi connectivity index (χ3n) is 3.83. The van der Waals surface area contributed by atoms with Crippen LogP contribution in [0.5, 0.6) is 0 Å². The number of imidazole rings is 1. The van der Waals surface area contributed by atoms with Gasteiger partial charge in [-0.05, 0) is 37.5 Å². The average molecular weight is 407 g/mol. The van der Waals surface area contributed by atoms with E-state index in [1.807, 2.05) is 31.2 Å². The molecule has 8 heteroatoms. The van der Waals surface area contributed by atoms with Crippen LogP contribution in [0, 0.1) is 6.92 Å². The number of aromatic nitrogens is 3. The van der Waals surface area contributed by atoms with E-state index in [1.165, 1.54) is 0 Å². The molecule has 5 nitrogen and oxygen atoms in total. The van der Waals surface area contributed by atoms with E-state index in [4.69, 9.17) is 0 Å². The molecule has 0 aliphatic carbocycles. The van der Waals surface area contributed by atoms with Crippen LogP contribution in [0.2, 0.25) is 0 Å². The summed E-state index contributed by atoms with van der Waals surface area (Å²) in [6, 6.07) is 7.85. The van der Waals surface area contributed by atoms with E-state index < -0.39 is 0 Å². The molecule has 0 spiro atoms. The summed E-state index contributed by atoms with van der Waals surface area (Å²) in [5.74, 6) is 3.01. The van der Waals surface area contributed by atoms with Gasteiger partial charge in [0.25, 0.3) is 0 Å². The zero-order chi connectivity index (χ0) is 18.4. The quantitative estimate of drug-likeness (QED) is 0.558. The number of nitrogens with one attached hydrogen (secondary N) is 2. The van der Waals surface area contributed by atoms with Crippen molar-refractivity contribution >= 4 is 51.8 Å². The molecule has 1 amide bonds. The lowest BCUT2D eigenvalue weighted by atomic mass is 10.2. The number of aryl methyl sites for hydroxylation is 1. The summed E-state index contributed by atoms with van der Waals surface area (Å²) in [4.78, 5) is 24.8. The van der Waals surface area contributed by atoms with E-state index in [9.17, 15) is 4.79 Å². The fourth-order valence-electron chi connectivity index (χ4n) is 2.61. The zero-order valence-electron chi connectivity index (χ0n) is 14.8. The summed E-state index contributed by atoms with van der Waals surface area (Å²) >= 11 is 5.00. The number of fused-ring (bicyclic) bond motifs is 1. The van der Waals surface area contributed by atoms with Crippen LogP contribution in [0.1, 0.15) is 29.0 Å². The number of benzene rings is 1. The highest BCUT2D eigenvalue weighted by atomic mass is 32.2. The molecule has 3 rings (SSSR count). The fourth-order valence-corrected chi connectivity index (χ4v) is 4.53. The molecule has 2 heterocycles. The molecule has 0 radical (unpaired) electrons. The lowest BCUT2D eigenvalue weighted by molar-refractivity contribution is -0.119. The largest absolute Gasteiger partial charge is 0.345 e. The van der Waals surface area contributed by atoms with Crippen molar-refractivity contribution in [2.75, 3.05) is 17.8 Å². The van der Waals surface area contributed by atoms with Gasteiger partial charge in [0.1, 0.15) is 5.82 Å². The first-order valence-corrected chi connectivity index (χ1v) is 11.8. The lowest BCUT2D eigenvalue weighted by Gasteiger charge is -2.16. The Morgan fingerprint density at radius 3 is 2.92 bits per heavy atom. The molecular formula is C18H22N4OS3. The van der Waals surface area contributed by atoms with E-state index in [-0.39, 0.29) is 11.9 Å². The molecule has 0 aliphatic rings. The third-order valence-corrected chi connectivity index (χ3v) is 6.27. The smallest absolute Gasteiger partial charge is 0.230 e. The fraction of sp³-hybridized carbons (Fsp3) is 0.389. The standard InChI is InChI=1S/C18H22N4OS3/c1-12-19-13(10-26-12)9-25-11-17(23)20-16(7-8-24-2)18-21-14-5-3-4-6-15(14)22-18/h3-6,10,16H,7-9,11H2,1-2H3,(H,20,23)(H,21,22). The first kappa shape index (κ1) is 19.3. The van der Waals surface area contributed by atoms with Crippen LogP contribution in [0.4, 0.5) is 0 Å². The second kappa shape index (κ2) is 9.43. The maximum absolute atomic E-state index is 12.4. The monoisotopic (exact) mass is 406 g/mol. The summed E-state index contributed by atoms with van der Waals surface area (Å²) < 4.78 is 0. The summed E-state index contributed by atoms with van der Waals surface area (Å²) in [5.41, 5.74) is 2.97. The number of hydrogen-bond acceptors (Lipinski definition) is 6. The predicted molar refractivity (Wildman–Crippen MR) is 113 cm³/mol. The van der Waals surface area contributed by atoms with Crippen molar-refractivity contribution in [3.63, 3.8) is 0 Å². The first-order chi connectivity index (χ1) is 12.7. The Hall–Kier alpha value is -1.51. The summed E-state index contributed by atoms with van der Waals surface area (Å²) in [5, 5.41) is 6.25. The number of carbonyl (C=O) groups is 1. The van der Waals surface area contributed by atoms with Crippen molar-refractivity contribution in [1.82, 2.24) is 20.3 Å². The van der Waals surface area contributed by atoms with Gasteiger partial charge in [0, 0.05) is 11.1 Å². The van der Waals surface area contributed by atoms with E-state index in [1.54, 1.807) is 34.9 Å². The number of rotatable bonds is 9. The first-order valence-electron chi connectivity index (χ1n) is 8.37. The van der Waals surface area contributed by atoms with Crippen LogP contribution in [0.25, 0.3) is 11.0 Å². The van der Waals surface area contributed by atoms with Gasteiger partial charge in [0.15, 0.2) is 0 Å². The minimum absolute atomic E-state index is 0.0357. The molecule has 0 fully saturated rings. The van der Waals surface area contributed by atoms with Gasteiger partial charge in [-0.2, -0.15) is 11.8 Å². The molecule has 2 aromatic heterocycles. The molecule has 0 bridgehead atoms. The lowest BCUT2D eigenvalue weighted by Crippen LogP contribution is -2.31. The minimum Gasteiger partial charge on any atom is -0.345 e. The van der Waals surface area contributed by atoms with E-state index >= 15 is 0 Å². The molecule has 1 aromatic carbocycles. The summed E-state index contributed by atoms with van der Waals surface area (Å²) in [6.45, 7) is 2.00. The number of hydrogen-bond donors (Lipinski definition) is 2. The van der Waals surface area contributed by atoms with Crippen molar-refractivity contribution in [3.05, 3.63) is 46.2 Å². The van der Waals surface area contributed by atoms with Crippen molar-refractivity contribution in [2.45, 2.75) is 25.1 Å². The highest BCUT2D eigenvalue weighted by Gasteiger charge is 2.18. The van der Waals surface area contributed by atoms with Crippen LogP contribution in [0.3, 0.4) is 0 Å². The molecule has 0 saturated heterocycles. The van der Waals surface area contributed by atoms with Crippen LogP contribution in [-0.4, -0.2) is 38.6 Å². The SMILES string of the molecule is CSCCC(NC(=O)CSCc1csc(C)n1)c1nc2ccccc2[nH]1. The average Bonchev–Trinajstić information content (AvgIpc) is 3.24. The van der Waals surface area contributed by atoms with Gasteiger partial charge in [-0.1, -0.05) is 12.1 Å². The normalized spacial score (nSPS) is 12.4. The number of aromatic amines is 1. The Bertz CT molecular complexity index is 828. The van der Waals surface area contributed by atoms with Crippen LogP contribution in [0.15, 0.2) is 29.6 Å². The number of carbonyl (C=O) groups excluding carboxylic acids is 1. The van der Waals surface area contributed by atoms with Gasteiger partial charge in [-0.25, -0.2) is 9.97 Å². The molecule has 138 valence electrons. The maximum Gasteiger partial charge on any atom is 0.230 e. The van der Waals surface area contributed by atoms with Crippen molar-refractivity contribution in [2.24, 2.45) is 0 Å². The third kappa shape index (κ3) is 5.25. The number of thiazole rings is 1. The van der Waals surface area contributed by atoms with Crippen LogP contribution >= 0.6 is 34.9 Å². The van der Waals surface area contributed by atoms with Gasteiger partial charge in [0.05, 0.1) is 33.5 Å². The second-order valence-electron chi connectivity index (χ2n) is 5.89. The number of para-hydroxylation sites is 2. The molecule has 0 aliphatic heterocycles. The summed E-state index contributed by atoms with van der Waals surface area (Å²) in [7, 11) is 0. The molecule has 1 atom stereocenters. The number of amides is 1. The minimum atomic E-state index is -0.0931. The highest BCUT2D eigenvalue weighted by Crippen LogP contribution is 2.21. The Labute approximate surface area is 165 Å². The van der Waals surface area contributed by atoms with E-state index in [2.05, 4.69) is 31.9 Å². The number of thioether (sulfide) groups is 2.